The average molecular weight is 367 g/mol. The van der Waals surface area contributed by atoms with Crippen molar-refractivity contribution in [2.75, 3.05) is 41.8 Å². The molecule has 0 spiro atoms. The lowest BCUT2D eigenvalue weighted by Gasteiger charge is -2.29. The maximum Gasteiger partial charge on any atom is 0.246 e. The number of hydrogen-bond acceptors (Lipinski definition) is 4. The predicted molar refractivity (Wildman–Crippen MR) is 112 cm³/mol. The Kier molecular flexibility index (Phi) is 6.35. The van der Waals surface area contributed by atoms with Gasteiger partial charge in [0.15, 0.2) is 0 Å². The molecule has 27 heavy (non-hydrogen) atoms. The van der Waals surface area contributed by atoms with Gasteiger partial charge in [0.2, 0.25) is 5.91 Å². The maximum atomic E-state index is 12.6. The highest BCUT2D eigenvalue weighted by molar-refractivity contribution is 5.96. The third-order valence-electron chi connectivity index (χ3n) is 4.86. The number of carbonyl (C=O) groups is 1. The highest BCUT2D eigenvalue weighted by atomic mass is 16.5. The topological polar surface area (TPSA) is 53.6 Å². The van der Waals surface area contributed by atoms with Crippen molar-refractivity contribution >= 4 is 23.0 Å². The minimum absolute atomic E-state index is 0.0484. The molecule has 0 unspecified atom stereocenters. The second-order valence-corrected chi connectivity index (χ2v) is 7.24. The van der Waals surface area contributed by atoms with Gasteiger partial charge in [0, 0.05) is 30.2 Å². The third kappa shape index (κ3) is 5.01. The number of amides is 1. The lowest BCUT2D eigenvalue weighted by Crippen LogP contribution is -2.36. The molecule has 1 aliphatic rings. The second kappa shape index (κ2) is 8.91. The second-order valence-electron chi connectivity index (χ2n) is 7.24. The summed E-state index contributed by atoms with van der Waals surface area (Å²) < 4.78 is 5.39. The molecule has 2 N–H and O–H groups in total. The van der Waals surface area contributed by atoms with Gasteiger partial charge in [-0.15, -0.1) is 0 Å². The molecule has 1 heterocycles. The van der Waals surface area contributed by atoms with E-state index in [2.05, 4.69) is 35.4 Å². The SMILES string of the molecule is CC(C)c1ccccc1N[C@H](C)C(=O)Nc1ccc(N2CCOCC2)cc1. The summed E-state index contributed by atoms with van der Waals surface area (Å²) in [5, 5.41) is 6.34. The van der Waals surface area contributed by atoms with Crippen molar-refractivity contribution in [1.29, 1.82) is 0 Å². The highest BCUT2D eigenvalue weighted by Gasteiger charge is 2.16. The first-order valence-corrected chi connectivity index (χ1v) is 9.63. The fourth-order valence-corrected chi connectivity index (χ4v) is 3.26. The Morgan fingerprint density at radius 3 is 2.33 bits per heavy atom. The van der Waals surface area contributed by atoms with E-state index in [0.29, 0.717) is 5.92 Å². The Hall–Kier alpha value is -2.53. The number of nitrogens with one attached hydrogen (secondary N) is 2. The monoisotopic (exact) mass is 367 g/mol. The van der Waals surface area contributed by atoms with Crippen LogP contribution in [0.4, 0.5) is 17.1 Å². The molecule has 5 heteroatoms. The van der Waals surface area contributed by atoms with Crippen LogP contribution in [0.2, 0.25) is 0 Å². The lowest BCUT2D eigenvalue weighted by molar-refractivity contribution is -0.116. The molecule has 2 aromatic rings. The van der Waals surface area contributed by atoms with Gasteiger partial charge in [0.1, 0.15) is 6.04 Å². The Bertz CT molecular complexity index is 752. The number of benzene rings is 2. The molecule has 0 saturated carbocycles. The van der Waals surface area contributed by atoms with Gasteiger partial charge < -0.3 is 20.3 Å². The number of carbonyl (C=O) groups excluding carboxylic acids is 1. The summed E-state index contributed by atoms with van der Waals surface area (Å²) in [5.41, 5.74) is 4.20. The summed E-state index contributed by atoms with van der Waals surface area (Å²) in [4.78, 5) is 14.9. The fraction of sp³-hybridized carbons (Fsp3) is 0.409. The summed E-state index contributed by atoms with van der Waals surface area (Å²) in [6.45, 7) is 9.53. The molecular weight excluding hydrogens is 338 g/mol. The van der Waals surface area contributed by atoms with E-state index < -0.39 is 0 Å². The van der Waals surface area contributed by atoms with Crippen LogP contribution in [-0.4, -0.2) is 38.3 Å². The average Bonchev–Trinajstić information content (AvgIpc) is 2.69. The van der Waals surface area contributed by atoms with Crippen LogP contribution < -0.4 is 15.5 Å². The molecule has 144 valence electrons. The van der Waals surface area contributed by atoms with Crippen LogP contribution in [0.15, 0.2) is 48.5 Å². The van der Waals surface area contributed by atoms with Gasteiger partial charge >= 0.3 is 0 Å². The Morgan fingerprint density at radius 2 is 1.67 bits per heavy atom. The molecule has 1 aliphatic heterocycles. The summed E-state index contributed by atoms with van der Waals surface area (Å²) in [6.07, 6.45) is 0. The molecule has 0 aliphatic carbocycles. The summed E-state index contributed by atoms with van der Waals surface area (Å²) in [6, 6.07) is 15.8. The van der Waals surface area contributed by atoms with Gasteiger partial charge in [-0.1, -0.05) is 32.0 Å². The standard InChI is InChI=1S/C22H29N3O2/c1-16(2)20-6-4-5-7-21(20)23-17(3)22(26)24-18-8-10-19(11-9-18)25-12-14-27-15-13-25/h4-11,16-17,23H,12-15H2,1-3H3,(H,24,26)/t17-/m1/s1. The van der Waals surface area contributed by atoms with Gasteiger partial charge in [-0.25, -0.2) is 0 Å². The van der Waals surface area contributed by atoms with E-state index in [1.165, 1.54) is 5.56 Å². The Morgan fingerprint density at radius 1 is 1.00 bits per heavy atom. The van der Waals surface area contributed by atoms with Gasteiger partial charge in [-0.05, 0) is 48.7 Å². The molecule has 0 radical (unpaired) electrons. The van der Waals surface area contributed by atoms with Crippen molar-refractivity contribution < 1.29 is 9.53 Å². The first-order chi connectivity index (χ1) is 13.0. The van der Waals surface area contributed by atoms with E-state index in [-0.39, 0.29) is 11.9 Å². The van der Waals surface area contributed by atoms with Crippen molar-refractivity contribution in [3.63, 3.8) is 0 Å². The number of para-hydroxylation sites is 1. The van der Waals surface area contributed by atoms with Gasteiger partial charge in [-0.3, -0.25) is 4.79 Å². The van der Waals surface area contributed by atoms with Crippen LogP contribution in [-0.2, 0) is 9.53 Å². The Labute approximate surface area is 161 Å². The molecule has 0 bridgehead atoms. The molecule has 0 aromatic heterocycles. The molecule has 2 aromatic carbocycles. The number of ether oxygens (including phenoxy) is 1. The number of anilines is 3. The van der Waals surface area contributed by atoms with E-state index in [9.17, 15) is 4.79 Å². The van der Waals surface area contributed by atoms with Gasteiger partial charge in [0.25, 0.3) is 0 Å². The molecule has 1 saturated heterocycles. The van der Waals surface area contributed by atoms with E-state index in [4.69, 9.17) is 4.74 Å². The van der Waals surface area contributed by atoms with Crippen LogP contribution in [0.25, 0.3) is 0 Å². The van der Waals surface area contributed by atoms with E-state index >= 15 is 0 Å². The smallest absolute Gasteiger partial charge is 0.246 e. The zero-order valence-electron chi connectivity index (χ0n) is 16.4. The molecule has 3 rings (SSSR count). The quantitative estimate of drug-likeness (QED) is 0.808. The van der Waals surface area contributed by atoms with Crippen LogP contribution in [0.5, 0.6) is 0 Å². The van der Waals surface area contributed by atoms with E-state index in [0.717, 1.165) is 43.4 Å². The highest BCUT2D eigenvalue weighted by Crippen LogP contribution is 2.24. The van der Waals surface area contributed by atoms with Crippen LogP contribution in [0, 0.1) is 0 Å². The van der Waals surface area contributed by atoms with Gasteiger partial charge in [0.05, 0.1) is 13.2 Å². The van der Waals surface area contributed by atoms with Crippen LogP contribution >= 0.6 is 0 Å². The predicted octanol–water partition coefficient (Wildman–Crippen LogP) is 4.09. The van der Waals surface area contributed by atoms with Crippen LogP contribution in [0.1, 0.15) is 32.3 Å². The zero-order valence-corrected chi connectivity index (χ0v) is 16.4. The summed E-state index contributed by atoms with van der Waals surface area (Å²) in [7, 11) is 0. The molecule has 1 atom stereocenters. The van der Waals surface area contributed by atoms with E-state index in [1.807, 2.05) is 49.4 Å². The number of morpholine rings is 1. The van der Waals surface area contributed by atoms with Crippen LogP contribution in [0.3, 0.4) is 0 Å². The van der Waals surface area contributed by atoms with Crippen molar-refractivity contribution in [3.05, 3.63) is 54.1 Å². The van der Waals surface area contributed by atoms with Crippen molar-refractivity contribution in [3.8, 4) is 0 Å². The molecule has 1 amide bonds. The maximum absolute atomic E-state index is 12.6. The zero-order chi connectivity index (χ0) is 19.2. The van der Waals surface area contributed by atoms with E-state index in [1.54, 1.807) is 0 Å². The first-order valence-electron chi connectivity index (χ1n) is 9.63. The van der Waals surface area contributed by atoms with Gasteiger partial charge in [-0.2, -0.15) is 0 Å². The van der Waals surface area contributed by atoms with Crippen molar-refractivity contribution in [2.24, 2.45) is 0 Å². The largest absolute Gasteiger partial charge is 0.378 e. The number of hydrogen-bond donors (Lipinski definition) is 2. The number of nitrogens with zero attached hydrogens (tertiary/aromatic N) is 1. The summed E-state index contributed by atoms with van der Waals surface area (Å²) in [5.74, 6) is 0.351. The number of rotatable bonds is 6. The van der Waals surface area contributed by atoms with Crippen molar-refractivity contribution in [2.45, 2.75) is 32.7 Å². The summed E-state index contributed by atoms with van der Waals surface area (Å²) >= 11 is 0. The minimum atomic E-state index is -0.330. The molecule has 5 nitrogen and oxygen atoms in total. The molecule has 1 fully saturated rings. The molecular formula is C22H29N3O2. The lowest BCUT2D eigenvalue weighted by atomic mass is 10.0. The Balaban J connectivity index is 1.59. The fourth-order valence-electron chi connectivity index (χ4n) is 3.26. The normalized spacial score (nSPS) is 15.5. The van der Waals surface area contributed by atoms with Crippen molar-refractivity contribution in [1.82, 2.24) is 0 Å². The minimum Gasteiger partial charge on any atom is -0.378 e. The third-order valence-corrected chi connectivity index (χ3v) is 4.86. The first kappa shape index (κ1) is 19.2.